The van der Waals surface area contributed by atoms with E-state index >= 15 is 0 Å². The standard InChI is InChI=1S/C17H18BrNO4S/c18-12-3-6-15(7-4-12)24(21)11-14-5-8-16(23-14)17(20)19-10-13-2-1-9-22-13/h3-8,13H,1-2,9-11H2,(H,19,20)/t13-,24+/m1/s1. The van der Waals surface area contributed by atoms with Crippen molar-refractivity contribution >= 4 is 32.6 Å². The van der Waals surface area contributed by atoms with E-state index in [1.807, 2.05) is 12.1 Å². The van der Waals surface area contributed by atoms with E-state index in [1.165, 1.54) is 0 Å². The summed E-state index contributed by atoms with van der Waals surface area (Å²) in [5, 5.41) is 2.81. The van der Waals surface area contributed by atoms with Crippen LogP contribution in [0.15, 0.2) is 50.2 Å². The predicted molar refractivity (Wildman–Crippen MR) is 94.3 cm³/mol. The van der Waals surface area contributed by atoms with Gasteiger partial charge >= 0.3 is 0 Å². The fraction of sp³-hybridized carbons (Fsp3) is 0.353. The quantitative estimate of drug-likeness (QED) is 0.791. The van der Waals surface area contributed by atoms with Crippen LogP contribution in [0.5, 0.6) is 0 Å². The fourth-order valence-electron chi connectivity index (χ4n) is 2.48. The van der Waals surface area contributed by atoms with Crippen LogP contribution in [0.2, 0.25) is 0 Å². The first kappa shape index (κ1) is 17.4. The molecule has 1 aliphatic heterocycles. The van der Waals surface area contributed by atoms with Crippen molar-refractivity contribution < 1.29 is 18.2 Å². The van der Waals surface area contributed by atoms with Crippen LogP contribution in [-0.4, -0.2) is 29.4 Å². The highest BCUT2D eigenvalue weighted by Gasteiger charge is 2.18. The number of ether oxygens (including phenoxy) is 1. The molecule has 0 aliphatic carbocycles. The molecule has 0 unspecified atom stereocenters. The summed E-state index contributed by atoms with van der Waals surface area (Å²) in [6.07, 6.45) is 2.09. The van der Waals surface area contributed by atoms with Gasteiger partial charge in [-0.2, -0.15) is 0 Å². The van der Waals surface area contributed by atoms with Gasteiger partial charge in [0.1, 0.15) is 5.76 Å². The molecule has 1 aromatic heterocycles. The van der Waals surface area contributed by atoms with Gasteiger partial charge in [0.2, 0.25) is 0 Å². The van der Waals surface area contributed by atoms with Crippen molar-refractivity contribution in [1.82, 2.24) is 5.32 Å². The molecule has 2 atom stereocenters. The second-order valence-electron chi connectivity index (χ2n) is 5.55. The monoisotopic (exact) mass is 411 g/mol. The van der Waals surface area contributed by atoms with Crippen molar-refractivity contribution in [3.05, 3.63) is 52.4 Å². The molecular weight excluding hydrogens is 394 g/mol. The minimum atomic E-state index is -1.21. The zero-order valence-electron chi connectivity index (χ0n) is 13.0. The number of hydrogen-bond donors (Lipinski definition) is 1. The van der Waals surface area contributed by atoms with Crippen molar-refractivity contribution in [2.45, 2.75) is 29.6 Å². The number of carbonyl (C=O) groups is 1. The van der Waals surface area contributed by atoms with Crippen LogP contribution < -0.4 is 5.32 Å². The largest absolute Gasteiger partial charge is 0.455 e. The SMILES string of the molecule is O=C(NC[C@H]1CCCO1)c1ccc(C[S@](=O)c2ccc(Br)cc2)o1. The molecule has 0 radical (unpaired) electrons. The molecular formula is C17H18BrNO4S. The molecule has 2 heterocycles. The lowest BCUT2D eigenvalue weighted by molar-refractivity contribution is 0.0834. The van der Waals surface area contributed by atoms with Crippen molar-refractivity contribution in [1.29, 1.82) is 0 Å². The van der Waals surface area contributed by atoms with Gasteiger partial charge in [0, 0.05) is 22.5 Å². The molecule has 1 aromatic carbocycles. The molecule has 0 bridgehead atoms. The summed E-state index contributed by atoms with van der Waals surface area (Å²) < 4.78 is 24.2. The summed E-state index contributed by atoms with van der Waals surface area (Å²) in [7, 11) is -1.21. The summed E-state index contributed by atoms with van der Waals surface area (Å²) in [6, 6.07) is 10.6. The normalized spacial score (nSPS) is 18.5. The molecule has 1 amide bonds. The third-order valence-electron chi connectivity index (χ3n) is 3.75. The molecule has 2 aromatic rings. The Morgan fingerprint density at radius 2 is 2.04 bits per heavy atom. The van der Waals surface area contributed by atoms with Crippen LogP contribution in [0.1, 0.15) is 29.2 Å². The Kier molecular flexibility index (Phi) is 5.86. The summed E-state index contributed by atoms with van der Waals surface area (Å²) >= 11 is 3.35. The van der Waals surface area contributed by atoms with Crippen LogP contribution in [0, 0.1) is 0 Å². The van der Waals surface area contributed by atoms with Crippen LogP contribution in [-0.2, 0) is 21.3 Å². The van der Waals surface area contributed by atoms with E-state index in [-0.39, 0.29) is 23.5 Å². The molecule has 7 heteroatoms. The van der Waals surface area contributed by atoms with Crippen molar-refractivity contribution in [2.24, 2.45) is 0 Å². The lowest BCUT2D eigenvalue weighted by atomic mass is 10.2. The Bertz CT molecular complexity index is 722. The number of benzene rings is 1. The number of furan rings is 1. The van der Waals surface area contributed by atoms with Crippen LogP contribution in [0.3, 0.4) is 0 Å². The van der Waals surface area contributed by atoms with E-state index < -0.39 is 10.8 Å². The van der Waals surface area contributed by atoms with E-state index in [9.17, 15) is 9.00 Å². The Morgan fingerprint density at radius 3 is 2.75 bits per heavy atom. The molecule has 1 saturated heterocycles. The zero-order chi connectivity index (χ0) is 16.9. The molecule has 5 nitrogen and oxygen atoms in total. The molecule has 3 rings (SSSR count). The van der Waals surface area contributed by atoms with Gasteiger partial charge in [-0.15, -0.1) is 0 Å². The highest BCUT2D eigenvalue weighted by Crippen LogP contribution is 2.18. The van der Waals surface area contributed by atoms with Gasteiger partial charge in [0.05, 0.1) is 22.7 Å². The van der Waals surface area contributed by atoms with E-state index in [0.717, 1.165) is 28.8 Å². The van der Waals surface area contributed by atoms with Gasteiger partial charge < -0.3 is 14.5 Å². The molecule has 1 aliphatic rings. The van der Waals surface area contributed by atoms with E-state index in [2.05, 4.69) is 21.2 Å². The summed E-state index contributed by atoms with van der Waals surface area (Å²) in [5.41, 5.74) is 0. The van der Waals surface area contributed by atoms with Gasteiger partial charge in [-0.1, -0.05) is 15.9 Å². The van der Waals surface area contributed by atoms with Crippen molar-refractivity contribution in [2.75, 3.05) is 13.2 Å². The number of amides is 1. The maximum Gasteiger partial charge on any atom is 0.287 e. The van der Waals surface area contributed by atoms with Gasteiger partial charge in [-0.05, 0) is 49.2 Å². The average molecular weight is 412 g/mol. The molecule has 128 valence electrons. The van der Waals surface area contributed by atoms with E-state index in [0.29, 0.717) is 12.3 Å². The first-order valence-corrected chi connectivity index (χ1v) is 9.85. The highest BCUT2D eigenvalue weighted by atomic mass is 79.9. The topological polar surface area (TPSA) is 68.5 Å². The minimum absolute atomic E-state index is 0.0910. The number of rotatable bonds is 6. The number of carbonyl (C=O) groups excluding carboxylic acids is 1. The Balaban J connectivity index is 1.55. The van der Waals surface area contributed by atoms with E-state index in [4.69, 9.17) is 9.15 Å². The Labute approximate surface area is 151 Å². The second kappa shape index (κ2) is 8.09. The number of halogens is 1. The van der Waals surface area contributed by atoms with Gasteiger partial charge in [-0.25, -0.2) is 0 Å². The minimum Gasteiger partial charge on any atom is -0.455 e. The Morgan fingerprint density at radius 1 is 1.25 bits per heavy atom. The summed E-state index contributed by atoms with van der Waals surface area (Å²) in [4.78, 5) is 12.8. The maximum atomic E-state index is 12.3. The first-order valence-electron chi connectivity index (χ1n) is 7.74. The van der Waals surface area contributed by atoms with E-state index in [1.54, 1.807) is 24.3 Å². The molecule has 0 spiro atoms. The predicted octanol–water partition coefficient (Wildman–Crippen LogP) is 3.26. The second-order valence-corrected chi connectivity index (χ2v) is 7.92. The zero-order valence-corrected chi connectivity index (χ0v) is 15.4. The fourth-order valence-corrected chi connectivity index (χ4v) is 3.76. The van der Waals surface area contributed by atoms with Crippen LogP contribution >= 0.6 is 15.9 Å². The van der Waals surface area contributed by atoms with Crippen molar-refractivity contribution in [3.8, 4) is 0 Å². The van der Waals surface area contributed by atoms with Gasteiger partial charge in [0.15, 0.2) is 5.76 Å². The summed E-state index contributed by atoms with van der Waals surface area (Å²) in [6.45, 7) is 1.24. The summed E-state index contributed by atoms with van der Waals surface area (Å²) in [5.74, 6) is 0.723. The molecule has 1 fully saturated rings. The average Bonchev–Trinajstić information content (AvgIpc) is 3.25. The number of hydrogen-bond acceptors (Lipinski definition) is 4. The first-order chi connectivity index (χ1) is 11.6. The molecule has 0 saturated carbocycles. The van der Waals surface area contributed by atoms with Gasteiger partial charge in [0.25, 0.3) is 5.91 Å². The smallest absolute Gasteiger partial charge is 0.287 e. The van der Waals surface area contributed by atoms with Crippen molar-refractivity contribution in [3.63, 3.8) is 0 Å². The van der Waals surface area contributed by atoms with Crippen LogP contribution in [0.25, 0.3) is 0 Å². The molecule has 24 heavy (non-hydrogen) atoms. The third-order valence-corrected chi connectivity index (χ3v) is 5.62. The lowest BCUT2D eigenvalue weighted by Gasteiger charge is -2.09. The maximum absolute atomic E-state index is 12.3. The third kappa shape index (κ3) is 4.55. The molecule has 1 N–H and O–H groups in total. The lowest BCUT2D eigenvalue weighted by Crippen LogP contribution is -2.31. The number of nitrogens with one attached hydrogen (secondary N) is 1. The van der Waals surface area contributed by atoms with Crippen LogP contribution in [0.4, 0.5) is 0 Å². The Hall–Kier alpha value is -1.44. The van der Waals surface area contributed by atoms with Gasteiger partial charge in [-0.3, -0.25) is 9.00 Å². The highest BCUT2D eigenvalue weighted by molar-refractivity contribution is 9.10.